The number of hydrogen-bond acceptors (Lipinski definition) is 4. The fourth-order valence-corrected chi connectivity index (χ4v) is 2.97. The molecule has 0 aliphatic heterocycles. The minimum Gasteiger partial charge on any atom is -0.459 e. The van der Waals surface area contributed by atoms with Crippen LogP contribution in [0, 0.1) is 0 Å². The molecule has 0 spiro atoms. The maximum Gasteiger partial charge on any atom is 0.430 e. The zero-order chi connectivity index (χ0) is 27.4. The molecule has 0 fully saturated rings. The standard InChI is InChI=1S/C18H11F12NO4/c1-31(12(32)11-3-2-6-35-11)10-5-4-8(13(33,15(19,20)21)16(22,23)24)7-9(10)14(34,17(25,26)27)18(28,29)30/h2-7,33-34H,1H3. The monoisotopic (exact) mass is 533 g/mol. The number of anilines is 1. The molecule has 0 unspecified atom stereocenters. The lowest BCUT2D eigenvalue weighted by atomic mass is 9.84. The Kier molecular flexibility index (Phi) is 6.72. The topological polar surface area (TPSA) is 73.9 Å². The highest BCUT2D eigenvalue weighted by Gasteiger charge is 2.74. The normalized spacial score (nSPS) is 14.3. The van der Waals surface area contributed by atoms with Crippen LogP contribution in [0.4, 0.5) is 58.4 Å². The number of amides is 1. The van der Waals surface area contributed by atoms with E-state index in [0.29, 0.717) is 7.05 Å². The number of benzene rings is 1. The second kappa shape index (κ2) is 8.32. The van der Waals surface area contributed by atoms with Gasteiger partial charge >= 0.3 is 24.7 Å². The number of rotatable bonds is 4. The van der Waals surface area contributed by atoms with Gasteiger partial charge in [-0.15, -0.1) is 0 Å². The smallest absolute Gasteiger partial charge is 0.430 e. The molecule has 2 rings (SSSR count). The minimum absolute atomic E-state index is 0.0410. The largest absolute Gasteiger partial charge is 0.459 e. The lowest BCUT2D eigenvalue weighted by molar-refractivity contribution is -0.378. The molecule has 0 radical (unpaired) electrons. The molecule has 0 aliphatic rings. The second-order valence-electron chi connectivity index (χ2n) is 6.99. The summed E-state index contributed by atoms with van der Waals surface area (Å²) >= 11 is 0. The average Bonchev–Trinajstić information content (AvgIpc) is 3.22. The van der Waals surface area contributed by atoms with Gasteiger partial charge in [0.05, 0.1) is 12.0 Å². The van der Waals surface area contributed by atoms with Crippen LogP contribution in [0.5, 0.6) is 0 Å². The van der Waals surface area contributed by atoms with Gasteiger partial charge in [0.15, 0.2) is 5.76 Å². The van der Waals surface area contributed by atoms with Gasteiger partial charge in [-0.1, -0.05) is 6.07 Å². The van der Waals surface area contributed by atoms with E-state index in [4.69, 9.17) is 0 Å². The third-order valence-corrected chi connectivity index (χ3v) is 4.84. The number of nitrogens with zero attached hydrogens (tertiary/aromatic N) is 1. The summed E-state index contributed by atoms with van der Waals surface area (Å²) in [5.41, 5.74) is -18.8. The van der Waals surface area contributed by atoms with Crippen molar-refractivity contribution in [3.05, 3.63) is 53.5 Å². The third-order valence-electron chi connectivity index (χ3n) is 4.84. The summed E-state index contributed by atoms with van der Waals surface area (Å²) in [7, 11) is 0.510. The first-order valence-corrected chi connectivity index (χ1v) is 8.70. The highest BCUT2D eigenvalue weighted by Crippen LogP contribution is 2.55. The number of hydrogen-bond donors (Lipinski definition) is 2. The SMILES string of the molecule is CN(C(=O)c1ccco1)c1ccc(C(O)(C(F)(F)F)C(F)(F)F)cc1C(O)(C(F)(F)F)C(F)(F)F. The van der Waals surface area contributed by atoms with Crippen molar-refractivity contribution in [1.82, 2.24) is 0 Å². The Labute approximate surface area is 186 Å². The van der Waals surface area contributed by atoms with Crippen molar-refractivity contribution in [3.63, 3.8) is 0 Å². The maximum atomic E-state index is 13.5. The highest BCUT2D eigenvalue weighted by molar-refractivity contribution is 6.04. The molecule has 0 saturated carbocycles. The van der Waals surface area contributed by atoms with Crippen LogP contribution < -0.4 is 4.90 Å². The van der Waals surface area contributed by atoms with E-state index in [1.54, 1.807) is 0 Å². The Balaban J connectivity index is 2.99. The predicted molar refractivity (Wildman–Crippen MR) is 89.9 cm³/mol. The molecule has 196 valence electrons. The van der Waals surface area contributed by atoms with E-state index < -0.39 is 70.5 Å². The molecular formula is C18H11F12NO4. The fraction of sp³-hybridized carbons (Fsp3) is 0.389. The van der Waals surface area contributed by atoms with Crippen molar-refractivity contribution in [2.45, 2.75) is 35.9 Å². The number of carbonyl (C=O) groups is 1. The summed E-state index contributed by atoms with van der Waals surface area (Å²) < 4.78 is 165. The Morgan fingerprint density at radius 1 is 0.771 bits per heavy atom. The van der Waals surface area contributed by atoms with E-state index in [2.05, 4.69) is 4.42 Å². The first kappa shape index (κ1) is 28.3. The van der Waals surface area contributed by atoms with E-state index in [1.807, 2.05) is 0 Å². The van der Waals surface area contributed by atoms with Gasteiger partial charge in [0, 0.05) is 18.2 Å². The van der Waals surface area contributed by atoms with E-state index in [1.165, 1.54) is 0 Å². The van der Waals surface area contributed by atoms with Gasteiger partial charge in [0.2, 0.25) is 0 Å². The van der Waals surface area contributed by atoms with Crippen LogP contribution in [0.15, 0.2) is 41.0 Å². The highest BCUT2D eigenvalue weighted by atomic mass is 19.4. The van der Waals surface area contributed by atoms with Gasteiger partial charge in [0.1, 0.15) is 0 Å². The predicted octanol–water partition coefficient (Wildman–Crippen LogP) is 5.18. The molecule has 0 saturated heterocycles. The minimum atomic E-state index is -6.78. The van der Waals surface area contributed by atoms with Gasteiger partial charge < -0.3 is 19.5 Å². The molecule has 1 heterocycles. The van der Waals surface area contributed by atoms with Crippen LogP contribution in [0.25, 0.3) is 0 Å². The molecule has 35 heavy (non-hydrogen) atoms. The number of aliphatic hydroxyl groups is 2. The van der Waals surface area contributed by atoms with Crippen LogP contribution in [0.2, 0.25) is 0 Å². The first-order chi connectivity index (χ1) is 15.5. The van der Waals surface area contributed by atoms with Crippen molar-refractivity contribution in [2.24, 2.45) is 0 Å². The van der Waals surface area contributed by atoms with Crippen molar-refractivity contribution < 1.29 is 72.1 Å². The Bertz CT molecular complexity index is 1040. The van der Waals surface area contributed by atoms with Crippen molar-refractivity contribution >= 4 is 11.6 Å². The number of alkyl halides is 12. The Morgan fingerprint density at radius 2 is 1.23 bits per heavy atom. The van der Waals surface area contributed by atoms with Crippen LogP contribution in [0.1, 0.15) is 21.7 Å². The van der Waals surface area contributed by atoms with Gasteiger partial charge in [0.25, 0.3) is 17.1 Å². The molecule has 17 heteroatoms. The van der Waals surface area contributed by atoms with Gasteiger partial charge in [-0.05, 0) is 24.3 Å². The maximum absolute atomic E-state index is 13.5. The molecule has 1 amide bonds. The van der Waals surface area contributed by atoms with Crippen molar-refractivity contribution in [3.8, 4) is 0 Å². The first-order valence-electron chi connectivity index (χ1n) is 8.70. The molecule has 1 aromatic heterocycles. The van der Waals surface area contributed by atoms with Gasteiger partial charge in [-0.3, -0.25) is 4.79 Å². The van der Waals surface area contributed by atoms with Crippen LogP contribution >= 0.6 is 0 Å². The zero-order valence-corrected chi connectivity index (χ0v) is 16.7. The lowest BCUT2D eigenvalue weighted by Gasteiger charge is -2.37. The summed E-state index contributed by atoms with van der Waals surface area (Å²) in [4.78, 5) is 12.3. The fourth-order valence-electron chi connectivity index (χ4n) is 2.97. The molecule has 0 bridgehead atoms. The quantitative estimate of drug-likeness (QED) is 0.532. The molecular weight excluding hydrogens is 522 g/mol. The second-order valence-corrected chi connectivity index (χ2v) is 6.99. The molecule has 5 nitrogen and oxygen atoms in total. The summed E-state index contributed by atoms with van der Waals surface area (Å²) in [5.74, 6) is -2.19. The molecule has 2 aromatic rings. The van der Waals surface area contributed by atoms with Crippen LogP contribution in [-0.2, 0) is 11.2 Å². The van der Waals surface area contributed by atoms with E-state index in [9.17, 15) is 67.7 Å². The van der Waals surface area contributed by atoms with Crippen LogP contribution in [0.3, 0.4) is 0 Å². The van der Waals surface area contributed by atoms with Gasteiger partial charge in [-0.2, -0.15) is 52.7 Å². The van der Waals surface area contributed by atoms with E-state index in [-0.39, 0.29) is 17.0 Å². The Hall–Kier alpha value is -2.95. The van der Waals surface area contributed by atoms with Crippen molar-refractivity contribution in [1.29, 1.82) is 0 Å². The molecule has 2 N–H and O–H groups in total. The zero-order valence-electron chi connectivity index (χ0n) is 16.7. The summed E-state index contributed by atoms with van der Waals surface area (Å²) in [6.45, 7) is 0. The van der Waals surface area contributed by atoms with Gasteiger partial charge in [-0.25, -0.2) is 0 Å². The summed E-state index contributed by atoms with van der Waals surface area (Å²) in [5, 5.41) is 19.2. The number of halogens is 12. The molecule has 1 aromatic carbocycles. The van der Waals surface area contributed by atoms with Crippen LogP contribution in [-0.4, -0.2) is 47.9 Å². The lowest BCUT2D eigenvalue weighted by Crippen LogP contribution is -2.56. The third kappa shape index (κ3) is 4.41. The van der Waals surface area contributed by atoms with E-state index >= 15 is 0 Å². The van der Waals surface area contributed by atoms with Crippen molar-refractivity contribution in [2.75, 3.05) is 11.9 Å². The number of furan rings is 1. The van der Waals surface area contributed by atoms with E-state index in [0.717, 1.165) is 18.4 Å². The molecule has 0 aliphatic carbocycles. The summed E-state index contributed by atoms with van der Waals surface area (Å²) in [6, 6.07) is 0.538. The average molecular weight is 533 g/mol. The molecule has 0 atom stereocenters. The summed E-state index contributed by atoms with van der Waals surface area (Å²) in [6.07, 6.45) is -26.1. The Morgan fingerprint density at radius 3 is 1.60 bits per heavy atom. The number of carbonyl (C=O) groups excluding carboxylic acids is 1.